The molecule has 0 atom stereocenters. The molecule has 0 bridgehead atoms. The van der Waals surface area contributed by atoms with Gasteiger partial charge in [0.2, 0.25) is 0 Å². The van der Waals surface area contributed by atoms with Crippen molar-refractivity contribution in [2.75, 3.05) is 13.1 Å². The predicted octanol–water partition coefficient (Wildman–Crippen LogP) is 4.24. The van der Waals surface area contributed by atoms with Crippen molar-refractivity contribution in [3.8, 4) is 0 Å². The molecule has 2 aromatic heterocycles. The number of guanidine groups is 1. The van der Waals surface area contributed by atoms with E-state index >= 15 is 0 Å². The first-order valence-corrected chi connectivity index (χ1v) is 8.94. The number of aryl methyl sites for hydroxylation is 1. The molecule has 3 N–H and O–H groups in total. The van der Waals surface area contributed by atoms with Crippen LogP contribution in [0.2, 0.25) is 0 Å². The van der Waals surface area contributed by atoms with E-state index in [1.807, 2.05) is 12.1 Å². The number of rotatable bonds is 7. The van der Waals surface area contributed by atoms with Crippen LogP contribution in [0.4, 0.5) is 0 Å². The third-order valence-electron chi connectivity index (χ3n) is 4.27. The quantitative estimate of drug-likeness (QED) is 0.277. The molecule has 0 aliphatic rings. The second-order valence-corrected chi connectivity index (χ2v) is 5.96. The molecule has 0 aliphatic heterocycles. The minimum Gasteiger partial charge on any atom is -0.467 e. The van der Waals surface area contributed by atoms with Crippen molar-refractivity contribution in [2.45, 2.75) is 33.2 Å². The van der Waals surface area contributed by atoms with E-state index in [9.17, 15) is 0 Å². The first kappa shape index (κ1) is 20.4. The van der Waals surface area contributed by atoms with Gasteiger partial charge in [-0.15, -0.1) is 24.0 Å². The molecule has 26 heavy (non-hydrogen) atoms. The summed E-state index contributed by atoms with van der Waals surface area (Å²) in [5.74, 6) is 1.67. The van der Waals surface area contributed by atoms with Gasteiger partial charge in [0.15, 0.2) is 5.96 Å². The Bertz CT molecular complexity index is 824. The van der Waals surface area contributed by atoms with E-state index < -0.39 is 0 Å². The molecule has 0 fully saturated rings. The molecule has 0 saturated carbocycles. The zero-order valence-electron chi connectivity index (χ0n) is 15.3. The summed E-state index contributed by atoms with van der Waals surface area (Å²) in [5.41, 5.74) is 3.96. The Hall–Kier alpha value is -1.96. The first-order valence-electron chi connectivity index (χ1n) is 8.94. The summed E-state index contributed by atoms with van der Waals surface area (Å²) >= 11 is 0. The Kier molecular flexibility index (Phi) is 8.03. The summed E-state index contributed by atoms with van der Waals surface area (Å²) < 4.78 is 5.33. The van der Waals surface area contributed by atoms with Crippen molar-refractivity contribution in [1.29, 1.82) is 0 Å². The Labute approximate surface area is 171 Å². The zero-order chi connectivity index (χ0) is 17.5. The van der Waals surface area contributed by atoms with Crippen LogP contribution >= 0.6 is 24.0 Å². The number of H-pyrrole nitrogens is 1. The number of nitrogens with one attached hydrogen (secondary N) is 3. The molecule has 3 rings (SSSR count). The Morgan fingerprint density at radius 1 is 1.12 bits per heavy atom. The minimum atomic E-state index is 0. The fraction of sp³-hybridized carbons (Fsp3) is 0.350. The third kappa shape index (κ3) is 5.03. The van der Waals surface area contributed by atoms with E-state index in [1.165, 1.54) is 22.0 Å². The normalized spacial score (nSPS) is 11.4. The molecule has 140 valence electrons. The van der Waals surface area contributed by atoms with Gasteiger partial charge in [-0.05, 0) is 43.0 Å². The lowest BCUT2D eigenvalue weighted by Gasteiger charge is -2.10. The van der Waals surface area contributed by atoms with Crippen LogP contribution in [0.25, 0.3) is 10.9 Å². The first-order chi connectivity index (χ1) is 12.3. The van der Waals surface area contributed by atoms with Crippen LogP contribution in [-0.2, 0) is 19.4 Å². The number of aromatic amines is 1. The predicted molar refractivity (Wildman–Crippen MR) is 118 cm³/mol. The van der Waals surface area contributed by atoms with Gasteiger partial charge in [0.1, 0.15) is 12.3 Å². The summed E-state index contributed by atoms with van der Waals surface area (Å²) in [6.45, 7) is 6.45. The largest absolute Gasteiger partial charge is 0.467 e. The van der Waals surface area contributed by atoms with Gasteiger partial charge in [-0.1, -0.05) is 25.1 Å². The number of benzene rings is 1. The number of hydrogen-bond donors (Lipinski definition) is 3. The summed E-state index contributed by atoms with van der Waals surface area (Å²) in [4.78, 5) is 7.99. The number of furan rings is 1. The van der Waals surface area contributed by atoms with Crippen LogP contribution < -0.4 is 10.6 Å². The highest BCUT2D eigenvalue weighted by Crippen LogP contribution is 2.22. The molecule has 0 aliphatic carbocycles. The number of fused-ring (bicyclic) bond motifs is 1. The van der Waals surface area contributed by atoms with E-state index in [4.69, 9.17) is 4.42 Å². The number of halogens is 1. The van der Waals surface area contributed by atoms with E-state index in [0.717, 1.165) is 37.7 Å². The Balaban J connectivity index is 0.00000243. The van der Waals surface area contributed by atoms with Crippen LogP contribution in [0, 0.1) is 0 Å². The van der Waals surface area contributed by atoms with Gasteiger partial charge in [0, 0.05) is 30.2 Å². The number of para-hydroxylation sites is 1. The van der Waals surface area contributed by atoms with Gasteiger partial charge >= 0.3 is 0 Å². The maximum absolute atomic E-state index is 5.33. The highest BCUT2D eigenvalue weighted by atomic mass is 127. The lowest BCUT2D eigenvalue weighted by molar-refractivity contribution is 0.512. The van der Waals surface area contributed by atoms with Gasteiger partial charge in [0.25, 0.3) is 0 Å². The highest BCUT2D eigenvalue weighted by Gasteiger charge is 2.07. The summed E-state index contributed by atoms with van der Waals surface area (Å²) in [5, 5.41) is 7.99. The van der Waals surface area contributed by atoms with E-state index in [0.29, 0.717) is 6.54 Å². The highest BCUT2D eigenvalue weighted by molar-refractivity contribution is 14.0. The fourth-order valence-electron chi connectivity index (χ4n) is 2.99. The number of aromatic nitrogens is 1. The standard InChI is InChI=1S/C20H26N4O.HI/c1-3-15-7-5-9-18-16(13-23-19(15)18)10-11-22-20(21-4-2)24-14-17-8-6-12-25-17;/h5-9,12-13,23H,3-4,10-11,14H2,1-2H3,(H2,21,22,24);1H. The number of nitrogens with zero attached hydrogens (tertiary/aromatic N) is 1. The molecule has 6 heteroatoms. The monoisotopic (exact) mass is 466 g/mol. The van der Waals surface area contributed by atoms with Gasteiger partial charge in [-0.25, -0.2) is 4.99 Å². The smallest absolute Gasteiger partial charge is 0.191 e. The molecule has 1 aromatic carbocycles. The van der Waals surface area contributed by atoms with Crippen molar-refractivity contribution in [3.05, 3.63) is 59.7 Å². The topological polar surface area (TPSA) is 65.3 Å². The van der Waals surface area contributed by atoms with Gasteiger partial charge in [0.05, 0.1) is 6.26 Å². The van der Waals surface area contributed by atoms with Crippen molar-refractivity contribution in [2.24, 2.45) is 4.99 Å². The third-order valence-corrected chi connectivity index (χ3v) is 4.27. The molecular weight excluding hydrogens is 439 g/mol. The SMILES string of the molecule is CCNC(=NCc1ccco1)NCCc1c[nH]c2c(CC)cccc12.I. The average Bonchev–Trinajstić information content (AvgIpc) is 3.29. The van der Waals surface area contributed by atoms with Gasteiger partial charge in [-0.2, -0.15) is 0 Å². The van der Waals surface area contributed by atoms with E-state index in [2.05, 4.69) is 58.9 Å². The molecule has 0 spiro atoms. The lowest BCUT2D eigenvalue weighted by atomic mass is 10.1. The second-order valence-electron chi connectivity index (χ2n) is 5.96. The maximum Gasteiger partial charge on any atom is 0.191 e. The summed E-state index contributed by atoms with van der Waals surface area (Å²) in [6, 6.07) is 10.3. The molecule has 3 aromatic rings. The van der Waals surface area contributed by atoms with Crippen molar-refractivity contribution < 1.29 is 4.42 Å². The Morgan fingerprint density at radius 2 is 2.00 bits per heavy atom. The molecule has 0 radical (unpaired) electrons. The average molecular weight is 466 g/mol. The van der Waals surface area contributed by atoms with Crippen molar-refractivity contribution >= 4 is 40.8 Å². The molecule has 0 amide bonds. The maximum atomic E-state index is 5.33. The van der Waals surface area contributed by atoms with Crippen LogP contribution in [0.5, 0.6) is 0 Å². The van der Waals surface area contributed by atoms with Gasteiger partial charge < -0.3 is 20.0 Å². The van der Waals surface area contributed by atoms with Crippen LogP contribution in [0.1, 0.15) is 30.7 Å². The fourth-order valence-corrected chi connectivity index (χ4v) is 2.99. The van der Waals surface area contributed by atoms with Crippen LogP contribution in [-0.4, -0.2) is 24.0 Å². The number of hydrogen-bond acceptors (Lipinski definition) is 2. The van der Waals surface area contributed by atoms with E-state index in [-0.39, 0.29) is 24.0 Å². The van der Waals surface area contributed by atoms with Crippen LogP contribution in [0.3, 0.4) is 0 Å². The zero-order valence-corrected chi connectivity index (χ0v) is 17.7. The van der Waals surface area contributed by atoms with Crippen LogP contribution in [0.15, 0.2) is 52.2 Å². The molecule has 0 unspecified atom stereocenters. The van der Waals surface area contributed by atoms with E-state index in [1.54, 1.807) is 6.26 Å². The summed E-state index contributed by atoms with van der Waals surface area (Å²) in [6.07, 6.45) is 5.78. The number of aliphatic imine (C=N–C) groups is 1. The molecule has 2 heterocycles. The Morgan fingerprint density at radius 3 is 2.73 bits per heavy atom. The molecule has 5 nitrogen and oxygen atoms in total. The molecule has 0 saturated heterocycles. The van der Waals surface area contributed by atoms with Crippen molar-refractivity contribution in [3.63, 3.8) is 0 Å². The summed E-state index contributed by atoms with van der Waals surface area (Å²) in [7, 11) is 0. The molecular formula is C20H27IN4O. The van der Waals surface area contributed by atoms with Gasteiger partial charge in [-0.3, -0.25) is 0 Å². The minimum absolute atomic E-state index is 0. The lowest BCUT2D eigenvalue weighted by Crippen LogP contribution is -2.38. The second kappa shape index (κ2) is 10.3. The van der Waals surface area contributed by atoms with Crippen molar-refractivity contribution in [1.82, 2.24) is 15.6 Å².